The van der Waals surface area contributed by atoms with Gasteiger partial charge < -0.3 is 10.3 Å². The Kier molecular flexibility index (Phi) is 1.70. The molecule has 4 heteroatoms. The number of nitrogens with two attached hydrogens (primary N) is 1. The fourth-order valence-corrected chi connectivity index (χ4v) is 1.51. The molecule has 72 valence electrons. The number of aryl methyl sites for hydroxylation is 1. The van der Waals surface area contributed by atoms with Crippen LogP contribution >= 0.6 is 0 Å². The normalized spacial score (nSPS) is 21.5. The SMILES string of the molecule is Cc1nnc(C(N)C2(C)CC2)n1C. The maximum atomic E-state index is 6.13. The van der Waals surface area contributed by atoms with Crippen LogP contribution in [-0.2, 0) is 7.05 Å². The minimum atomic E-state index is 0.0405. The van der Waals surface area contributed by atoms with E-state index < -0.39 is 0 Å². The van der Waals surface area contributed by atoms with Crippen molar-refractivity contribution in [2.24, 2.45) is 18.2 Å². The number of hydrogen-bond donors (Lipinski definition) is 1. The summed E-state index contributed by atoms with van der Waals surface area (Å²) in [5.74, 6) is 1.84. The van der Waals surface area contributed by atoms with Gasteiger partial charge >= 0.3 is 0 Å². The van der Waals surface area contributed by atoms with E-state index in [2.05, 4.69) is 17.1 Å². The number of rotatable bonds is 2. The minimum Gasteiger partial charge on any atom is -0.321 e. The Balaban J connectivity index is 2.30. The van der Waals surface area contributed by atoms with Crippen molar-refractivity contribution in [2.75, 3.05) is 0 Å². The number of nitrogens with zero attached hydrogens (tertiary/aromatic N) is 3. The average Bonchev–Trinajstić information content (AvgIpc) is 2.76. The third-order valence-corrected chi connectivity index (χ3v) is 3.19. The molecule has 2 N–H and O–H groups in total. The zero-order valence-electron chi connectivity index (χ0n) is 8.41. The molecule has 13 heavy (non-hydrogen) atoms. The van der Waals surface area contributed by atoms with Crippen LogP contribution in [0.25, 0.3) is 0 Å². The molecule has 1 atom stereocenters. The van der Waals surface area contributed by atoms with E-state index in [1.807, 2.05) is 18.5 Å². The molecule has 1 aromatic heterocycles. The van der Waals surface area contributed by atoms with Gasteiger partial charge in [0, 0.05) is 7.05 Å². The van der Waals surface area contributed by atoms with Crippen molar-refractivity contribution in [3.8, 4) is 0 Å². The summed E-state index contributed by atoms with van der Waals surface area (Å²) in [6, 6.07) is 0.0405. The van der Waals surface area contributed by atoms with Crippen LogP contribution in [0.1, 0.15) is 37.5 Å². The molecule has 1 fully saturated rings. The van der Waals surface area contributed by atoms with E-state index in [-0.39, 0.29) is 11.5 Å². The van der Waals surface area contributed by atoms with Crippen LogP contribution in [-0.4, -0.2) is 14.8 Å². The van der Waals surface area contributed by atoms with E-state index in [4.69, 9.17) is 5.73 Å². The predicted octanol–water partition coefficient (Wildman–Crippen LogP) is 0.923. The van der Waals surface area contributed by atoms with Crippen molar-refractivity contribution in [1.82, 2.24) is 14.8 Å². The maximum Gasteiger partial charge on any atom is 0.150 e. The molecule has 1 heterocycles. The van der Waals surface area contributed by atoms with E-state index >= 15 is 0 Å². The summed E-state index contributed by atoms with van der Waals surface area (Å²) in [5.41, 5.74) is 6.40. The summed E-state index contributed by atoms with van der Waals surface area (Å²) >= 11 is 0. The molecular weight excluding hydrogens is 164 g/mol. The Labute approximate surface area is 78.1 Å². The van der Waals surface area contributed by atoms with E-state index in [0.29, 0.717) is 0 Å². The zero-order chi connectivity index (χ0) is 9.64. The van der Waals surface area contributed by atoms with E-state index in [1.165, 1.54) is 12.8 Å². The molecule has 0 saturated heterocycles. The van der Waals surface area contributed by atoms with E-state index in [1.54, 1.807) is 0 Å². The first-order chi connectivity index (χ1) is 6.04. The molecule has 0 amide bonds. The highest BCUT2D eigenvalue weighted by Gasteiger charge is 2.45. The lowest BCUT2D eigenvalue weighted by molar-refractivity contribution is 0.420. The number of hydrogen-bond acceptors (Lipinski definition) is 3. The molecule has 0 spiro atoms. The van der Waals surface area contributed by atoms with Crippen LogP contribution in [0.5, 0.6) is 0 Å². The highest BCUT2D eigenvalue weighted by molar-refractivity contribution is 5.09. The van der Waals surface area contributed by atoms with Crippen LogP contribution in [0.4, 0.5) is 0 Å². The lowest BCUT2D eigenvalue weighted by atomic mass is 9.99. The Morgan fingerprint density at radius 3 is 2.46 bits per heavy atom. The van der Waals surface area contributed by atoms with Crippen LogP contribution < -0.4 is 5.73 Å². The predicted molar refractivity (Wildman–Crippen MR) is 50.0 cm³/mol. The molecule has 1 unspecified atom stereocenters. The van der Waals surface area contributed by atoms with Gasteiger partial charge in [0.25, 0.3) is 0 Å². The summed E-state index contributed by atoms with van der Waals surface area (Å²) in [4.78, 5) is 0. The van der Waals surface area contributed by atoms with Crippen molar-refractivity contribution in [2.45, 2.75) is 32.7 Å². The Hall–Kier alpha value is -0.900. The summed E-state index contributed by atoms with van der Waals surface area (Å²) in [7, 11) is 1.97. The minimum absolute atomic E-state index is 0.0405. The molecule has 0 aliphatic heterocycles. The molecule has 4 nitrogen and oxygen atoms in total. The van der Waals surface area contributed by atoms with Gasteiger partial charge in [-0.25, -0.2) is 0 Å². The fraction of sp³-hybridized carbons (Fsp3) is 0.778. The largest absolute Gasteiger partial charge is 0.321 e. The highest BCUT2D eigenvalue weighted by Crippen LogP contribution is 2.52. The summed E-state index contributed by atoms with van der Waals surface area (Å²) in [6.45, 7) is 4.15. The molecule has 1 aliphatic carbocycles. The first kappa shape index (κ1) is 8.69. The van der Waals surface area contributed by atoms with Crippen LogP contribution in [0, 0.1) is 12.3 Å². The Morgan fingerprint density at radius 2 is 2.08 bits per heavy atom. The van der Waals surface area contributed by atoms with Gasteiger partial charge in [-0.3, -0.25) is 0 Å². The summed E-state index contributed by atoms with van der Waals surface area (Å²) in [5, 5.41) is 8.12. The summed E-state index contributed by atoms with van der Waals surface area (Å²) in [6.07, 6.45) is 2.42. The lowest BCUT2D eigenvalue weighted by Crippen LogP contribution is -2.23. The van der Waals surface area contributed by atoms with Gasteiger partial charge in [0.1, 0.15) is 11.6 Å². The van der Waals surface area contributed by atoms with E-state index in [0.717, 1.165) is 11.6 Å². The molecule has 1 aliphatic rings. The van der Waals surface area contributed by atoms with Gasteiger partial charge in [-0.1, -0.05) is 6.92 Å². The zero-order valence-corrected chi connectivity index (χ0v) is 8.41. The monoisotopic (exact) mass is 180 g/mol. The van der Waals surface area contributed by atoms with Crippen molar-refractivity contribution in [3.63, 3.8) is 0 Å². The van der Waals surface area contributed by atoms with Crippen molar-refractivity contribution < 1.29 is 0 Å². The van der Waals surface area contributed by atoms with Gasteiger partial charge in [-0.05, 0) is 25.2 Å². The third-order valence-electron chi connectivity index (χ3n) is 3.19. The average molecular weight is 180 g/mol. The second-order valence-corrected chi connectivity index (χ2v) is 4.30. The fourth-order valence-electron chi connectivity index (χ4n) is 1.51. The number of aromatic nitrogens is 3. The quantitative estimate of drug-likeness (QED) is 0.736. The van der Waals surface area contributed by atoms with Crippen LogP contribution in [0.15, 0.2) is 0 Å². The molecule has 0 aromatic carbocycles. The molecule has 0 radical (unpaired) electrons. The van der Waals surface area contributed by atoms with Gasteiger partial charge in [-0.15, -0.1) is 10.2 Å². The van der Waals surface area contributed by atoms with Crippen LogP contribution in [0.2, 0.25) is 0 Å². The van der Waals surface area contributed by atoms with Crippen LogP contribution in [0.3, 0.4) is 0 Å². The molecule has 0 bridgehead atoms. The van der Waals surface area contributed by atoms with Crippen molar-refractivity contribution in [1.29, 1.82) is 0 Å². The topological polar surface area (TPSA) is 56.7 Å². The molecular formula is C9H16N4. The Morgan fingerprint density at radius 1 is 1.46 bits per heavy atom. The third kappa shape index (κ3) is 1.25. The standard InChI is InChI=1S/C9H16N4/c1-6-11-12-8(13(6)3)7(10)9(2)4-5-9/h7H,4-5,10H2,1-3H3. The highest BCUT2D eigenvalue weighted by atomic mass is 15.3. The maximum absolute atomic E-state index is 6.13. The molecule has 2 rings (SSSR count). The molecule has 1 saturated carbocycles. The first-order valence-corrected chi connectivity index (χ1v) is 4.66. The van der Waals surface area contributed by atoms with Gasteiger partial charge in [0.2, 0.25) is 0 Å². The lowest BCUT2D eigenvalue weighted by Gasteiger charge is -2.17. The van der Waals surface area contributed by atoms with Crippen molar-refractivity contribution >= 4 is 0 Å². The second kappa shape index (κ2) is 2.54. The second-order valence-electron chi connectivity index (χ2n) is 4.30. The van der Waals surface area contributed by atoms with Gasteiger partial charge in [-0.2, -0.15) is 0 Å². The summed E-state index contributed by atoms with van der Waals surface area (Å²) < 4.78 is 1.98. The Bertz CT molecular complexity index is 324. The van der Waals surface area contributed by atoms with Crippen molar-refractivity contribution in [3.05, 3.63) is 11.6 Å². The van der Waals surface area contributed by atoms with E-state index in [9.17, 15) is 0 Å². The van der Waals surface area contributed by atoms with Gasteiger partial charge in [0.05, 0.1) is 6.04 Å². The first-order valence-electron chi connectivity index (χ1n) is 4.66. The van der Waals surface area contributed by atoms with Gasteiger partial charge in [0.15, 0.2) is 0 Å². The smallest absolute Gasteiger partial charge is 0.150 e. The molecule has 1 aromatic rings.